The van der Waals surface area contributed by atoms with Gasteiger partial charge in [0.05, 0.1) is 6.61 Å². The lowest BCUT2D eigenvalue weighted by atomic mass is 10.0. The molecule has 1 saturated carbocycles. The number of hydrogen-bond acceptors (Lipinski definition) is 3. The minimum atomic E-state index is -0.131. The Balaban J connectivity index is 1.95. The van der Waals surface area contributed by atoms with Crippen LogP contribution in [0.2, 0.25) is 0 Å². The fourth-order valence-corrected chi connectivity index (χ4v) is 1.18. The Morgan fingerprint density at radius 2 is 2.20 bits per heavy atom. The number of ether oxygens (including phenoxy) is 1. The summed E-state index contributed by atoms with van der Waals surface area (Å²) >= 11 is 0. The minimum absolute atomic E-state index is 0.0139. The van der Waals surface area contributed by atoms with Gasteiger partial charge >= 0.3 is 0 Å². The van der Waals surface area contributed by atoms with Crippen molar-refractivity contribution in [1.29, 1.82) is 0 Å². The predicted molar refractivity (Wildman–Crippen MR) is 59.4 cm³/mol. The average molecular weight is 214 g/mol. The van der Waals surface area contributed by atoms with Crippen LogP contribution in [0.25, 0.3) is 0 Å². The van der Waals surface area contributed by atoms with Crippen LogP contribution in [0.3, 0.4) is 0 Å². The maximum atomic E-state index is 11.4. The number of amides is 1. The van der Waals surface area contributed by atoms with Gasteiger partial charge in [-0.05, 0) is 25.7 Å². The molecular formula is C11H22N2O2. The van der Waals surface area contributed by atoms with E-state index in [1.165, 1.54) is 12.8 Å². The van der Waals surface area contributed by atoms with E-state index >= 15 is 0 Å². The van der Waals surface area contributed by atoms with E-state index in [1.807, 2.05) is 13.8 Å². The summed E-state index contributed by atoms with van der Waals surface area (Å²) in [5, 5.41) is 2.81. The van der Waals surface area contributed by atoms with Crippen molar-refractivity contribution in [2.75, 3.05) is 19.8 Å². The third kappa shape index (κ3) is 5.14. The number of carbonyl (C=O) groups excluding carboxylic acids is 1. The molecule has 15 heavy (non-hydrogen) atoms. The summed E-state index contributed by atoms with van der Waals surface area (Å²) in [4.78, 5) is 11.4. The van der Waals surface area contributed by atoms with E-state index in [0.29, 0.717) is 13.2 Å². The van der Waals surface area contributed by atoms with E-state index in [2.05, 4.69) is 5.32 Å². The number of carbonyl (C=O) groups is 1. The normalized spacial score (nSPS) is 19.7. The first-order valence-corrected chi connectivity index (χ1v) is 5.72. The highest BCUT2D eigenvalue weighted by atomic mass is 16.5. The van der Waals surface area contributed by atoms with Gasteiger partial charge in [0.1, 0.15) is 0 Å². The zero-order valence-electron chi connectivity index (χ0n) is 9.66. The highest BCUT2D eigenvalue weighted by Gasteiger charge is 2.21. The standard InChI is InChI=1S/C11H22N2O2/c1-8(9(2)12)11(14)13-5-6-15-7-10-3-4-10/h8-10H,3-7,12H2,1-2H3,(H,13,14). The summed E-state index contributed by atoms with van der Waals surface area (Å²) < 4.78 is 5.40. The molecule has 1 aliphatic carbocycles. The molecule has 0 aromatic rings. The lowest BCUT2D eigenvalue weighted by Crippen LogP contribution is -2.39. The topological polar surface area (TPSA) is 64.4 Å². The van der Waals surface area contributed by atoms with Crippen LogP contribution in [0.15, 0.2) is 0 Å². The van der Waals surface area contributed by atoms with Crippen molar-refractivity contribution in [2.24, 2.45) is 17.6 Å². The Bertz CT molecular complexity index is 203. The molecule has 0 aromatic heterocycles. The molecule has 1 fully saturated rings. The van der Waals surface area contributed by atoms with Gasteiger partial charge < -0.3 is 15.8 Å². The first kappa shape index (κ1) is 12.5. The van der Waals surface area contributed by atoms with E-state index in [-0.39, 0.29) is 17.9 Å². The van der Waals surface area contributed by atoms with Crippen LogP contribution >= 0.6 is 0 Å². The molecule has 2 atom stereocenters. The van der Waals surface area contributed by atoms with Crippen LogP contribution in [0.5, 0.6) is 0 Å². The van der Waals surface area contributed by atoms with Crippen molar-refractivity contribution in [3.8, 4) is 0 Å². The van der Waals surface area contributed by atoms with Crippen LogP contribution in [-0.2, 0) is 9.53 Å². The molecule has 1 aliphatic rings. The lowest BCUT2D eigenvalue weighted by Gasteiger charge is -2.15. The fraction of sp³-hybridized carbons (Fsp3) is 0.909. The molecule has 1 amide bonds. The Morgan fingerprint density at radius 3 is 2.73 bits per heavy atom. The van der Waals surface area contributed by atoms with Gasteiger partial charge in [0.2, 0.25) is 5.91 Å². The van der Waals surface area contributed by atoms with Crippen molar-refractivity contribution in [2.45, 2.75) is 32.7 Å². The molecule has 0 saturated heterocycles. The smallest absolute Gasteiger partial charge is 0.224 e. The van der Waals surface area contributed by atoms with Crippen LogP contribution in [0.1, 0.15) is 26.7 Å². The Kier molecular flexibility index (Phi) is 5.05. The molecule has 2 unspecified atom stereocenters. The van der Waals surface area contributed by atoms with E-state index in [0.717, 1.165) is 12.5 Å². The average Bonchev–Trinajstić information content (AvgIpc) is 2.99. The summed E-state index contributed by atoms with van der Waals surface area (Å²) in [5.74, 6) is 0.664. The van der Waals surface area contributed by atoms with Gasteiger partial charge in [0, 0.05) is 25.1 Å². The molecule has 0 bridgehead atoms. The van der Waals surface area contributed by atoms with Crippen LogP contribution < -0.4 is 11.1 Å². The maximum absolute atomic E-state index is 11.4. The van der Waals surface area contributed by atoms with Crippen LogP contribution in [-0.4, -0.2) is 31.7 Å². The quantitative estimate of drug-likeness (QED) is 0.607. The van der Waals surface area contributed by atoms with E-state index in [9.17, 15) is 4.79 Å². The highest BCUT2D eigenvalue weighted by Crippen LogP contribution is 2.28. The number of nitrogens with one attached hydrogen (secondary N) is 1. The Hall–Kier alpha value is -0.610. The molecule has 0 aliphatic heterocycles. The second-order valence-electron chi connectivity index (χ2n) is 4.46. The first-order valence-electron chi connectivity index (χ1n) is 5.72. The SMILES string of the molecule is CC(N)C(C)C(=O)NCCOCC1CC1. The van der Waals surface area contributed by atoms with Gasteiger partial charge in [-0.3, -0.25) is 4.79 Å². The van der Waals surface area contributed by atoms with Gasteiger partial charge in [-0.25, -0.2) is 0 Å². The zero-order valence-corrected chi connectivity index (χ0v) is 9.66. The molecule has 88 valence electrons. The zero-order chi connectivity index (χ0) is 11.3. The molecule has 1 rings (SSSR count). The molecular weight excluding hydrogens is 192 g/mol. The summed E-state index contributed by atoms with van der Waals surface area (Å²) in [6, 6.07) is -0.0996. The van der Waals surface area contributed by atoms with E-state index < -0.39 is 0 Å². The van der Waals surface area contributed by atoms with Gasteiger partial charge in [0.15, 0.2) is 0 Å². The monoisotopic (exact) mass is 214 g/mol. The molecule has 0 spiro atoms. The summed E-state index contributed by atoms with van der Waals surface area (Å²) in [6.45, 7) is 5.72. The van der Waals surface area contributed by atoms with Crippen molar-refractivity contribution < 1.29 is 9.53 Å². The number of hydrogen-bond donors (Lipinski definition) is 2. The Morgan fingerprint density at radius 1 is 1.53 bits per heavy atom. The summed E-state index contributed by atoms with van der Waals surface area (Å²) in [7, 11) is 0. The maximum Gasteiger partial charge on any atom is 0.224 e. The third-order valence-corrected chi connectivity index (χ3v) is 2.80. The van der Waals surface area contributed by atoms with Gasteiger partial charge in [-0.15, -0.1) is 0 Å². The van der Waals surface area contributed by atoms with Crippen molar-refractivity contribution in [3.63, 3.8) is 0 Å². The van der Waals surface area contributed by atoms with Crippen LogP contribution in [0.4, 0.5) is 0 Å². The van der Waals surface area contributed by atoms with Crippen LogP contribution in [0, 0.1) is 11.8 Å². The summed E-state index contributed by atoms with van der Waals surface area (Å²) in [5.41, 5.74) is 5.62. The van der Waals surface area contributed by atoms with E-state index in [1.54, 1.807) is 0 Å². The fourth-order valence-electron chi connectivity index (χ4n) is 1.18. The molecule has 3 N–H and O–H groups in total. The summed E-state index contributed by atoms with van der Waals surface area (Å²) in [6.07, 6.45) is 2.60. The minimum Gasteiger partial charge on any atom is -0.379 e. The second-order valence-corrected chi connectivity index (χ2v) is 4.46. The van der Waals surface area contributed by atoms with Crippen molar-refractivity contribution >= 4 is 5.91 Å². The predicted octanol–water partition coefficient (Wildman–Crippen LogP) is 0.513. The molecule has 0 heterocycles. The van der Waals surface area contributed by atoms with E-state index in [4.69, 9.17) is 10.5 Å². The lowest BCUT2D eigenvalue weighted by molar-refractivity contribution is -0.125. The molecule has 0 radical (unpaired) electrons. The number of nitrogens with two attached hydrogens (primary N) is 1. The highest BCUT2D eigenvalue weighted by molar-refractivity contribution is 5.78. The van der Waals surface area contributed by atoms with Crippen molar-refractivity contribution in [3.05, 3.63) is 0 Å². The largest absolute Gasteiger partial charge is 0.379 e. The third-order valence-electron chi connectivity index (χ3n) is 2.80. The van der Waals surface area contributed by atoms with Gasteiger partial charge in [-0.1, -0.05) is 6.92 Å². The first-order chi connectivity index (χ1) is 7.11. The Labute approximate surface area is 91.5 Å². The molecule has 4 heteroatoms. The number of rotatable bonds is 7. The molecule has 4 nitrogen and oxygen atoms in total. The second kappa shape index (κ2) is 6.08. The van der Waals surface area contributed by atoms with Gasteiger partial charge in [-0.2, -0.15) is 0 Å². The molecule has 0 aromatic carbocycles. The van der Waals surface area contributed by atoms with Gasteiger partial charge in [0.25, 0.3) is 0 Å². The van der Waals surface area contributed by atoms with Crippen molar-refractivity contribution in [1.82, 2.24) is 5.32 Å².